The number of nitrogens with one attached hydrogen (secondary N) is 2. The first-order valence-electron chi connectivity index (χ1n) is 11.2. The van der Waals surface area contributed by atoms with Gasteiger partial charge in [0.2, 0.25) is 0 Å². The highest BCUT2D eigenvalue weighted by molar-refractivity contribution is 5.82. The third kappa shape index (κ3) is 3.21. The summed E-state index contributed by atoms with van der Waals surface area (Å²) in [6, 6.07) is 6.19. The van der Waals surface area contributed by atoms with Gasteiger partial charge in [-0.05, 0) is 31.2 Å². The van der Waals surface area contributed by atoms with Crippen LogP contribution < -0.4 is 11.1 Å². The summed E-state index contributed by atoms with van der Waals surface area (Å²) in [6.07, 6.45) is 8.74. The molecule has 0 spiro atoms. The summed E-state index contributed by atoms with van der Waals surface area (Å²) in [7, 11) is 0. The molecule has 0 amide bonds. The molecule has 6 rings (SSSR count). The van der Waals surface area contributed by atoms with E-state index in [-0.39, 0.29) is 17.9 Å². The molecule has 1 atom stereocenters. The summed E-state index contributed by atoms with van der Waals surface area (Å²) >= 11 is 0. The molecule has 4 aromatic rings. The van der Waals surface area contributed by atoms with Gasteiger partial charge in [-0.1, -0.05) is 18.2 Å². The highest BCUT2D eigenvalue weighted by atomic mass is 16.4. The lowest BCUT2D eigenvalue weighted by molar-refractivity contribution is -0.142. The molecular weight excluding hydrogens is 420 g/mol. The van der Waals surface area contributed by atoms with Gasteiger partial charge in [0.1, 0.15) is 17.7 Å². The zero-order valence-corrected chi connectivity index (χ0v) is 17.9. The van der Waals surface area contributed by atoms with Gasteiger partial charge in [-0.25, -0.2) is 14.5 Å². The van der Waals surface area contributed by atoms with Gasteiger partial charge in [0, 0.05) is 35.3 Å². The van der Waals surface area contributed by atoms with E-state index in [0.717, 1.165) is 53.1 Å². The molecule has 5 N–H and O–H groups in total. The van der Waals surface area contributed by atoms with Crippen LogP contribution in [0.15, 0.2) is 36.9 Å². The molecule has 2 aliphatic rings. The third-order valence-corrected chi connectivity index (χ3v) is 6.99. The molecule has 1 saturated carbocycles. The van der Waals surface area contributed by atoms with Crippen molar-refractivity contribution in [1.82, 2.24) is 29.8 Å². The molecule has 10 heteroatoms. The standard InChI is InChI=1S/C23H24N8O2/c24-21-20-19(17-8-14-2-1-3-16(18(14)29-17)15-9-26-27-10-15)30-22(31(20)28-11-25-21)12-4-6-13(7-5-12)23(32)33/h1-3,9-13,17,29H,4-8H2,(H,26,27)(H,32,33)(H2,24,25,28). The number of imidazole rings is 1. The van der Waals surface area contributed by atoms with Gasteiger partial charge < -0.3 is 16.2 Å². The van der Waals surface area contributed by atoms with Crippen LogP contribution in [0.1, 0.15) is 54.7 Å². The zero-order valence-electron chi connectivity index (χ0n) is 17.9. The number of aromatic amines is 1. The Balaban J connectivity index is 1.38. The van der Waals surface area contributed by atoms with Crippen LogP contribution in [0.4, 0.5) is 11.5 Å². The van der Waals surface area contributed by atoms with Gasteiger partial charge in [0.15, 0.2) is 5.82 Å². The van der Waals surface area contributed by atoms with Crippen molar-refractivity contribution in [2.45, 2.75) is 44.1 Å². The number of carbonyl (C=O) groups is 1. The summed E-state index contributed by atoms with van der Waals surface area (Å²) in [5.74, 6) is 0.381. The van der Waals surface area contributed by atoms with E-state index in [1.807, 2.05) is 16.9 Å². The molecule has 1 aliphatic carbocycles. The number of hydrogen-bond acceptors (Lipinski definition) is 7. The Kier molecular flexibility index (Phi) is 4.53. The Hall–Kier alpha value is -3.95. The first-order chi connectivity index (χ1) is 16.1. The highest BCUT2D eigenvalue weighted by Crippen LogP contribution is 2.43. The van der Waals surface area contributed by atoms with E-state index in [1.54, 1.807) is 0 Å². The van der Waals surface area contributed by atoms with E-state index in [1.165, 1.54) is 11.9 Å². The number of fused-ring (bicyclic) bond motifs is 2. The van der Waals surface area contributed by atoms with Crippen LogP contribution in [0.2, 0.25) is 0 Å². The van der Waals surface area contributed by atoms with Crippen molar-refractivity contribution >= 4 is 23.0 Å². The Morgan fingerprint density at radius 2 is 2.06 bits per heavy atom. The normalized spacial score (nSPS) is 22.2. The lowest BCUT2D eigenvalue weighted by Gasteiger charge is -2.24. The maximum absolute atomic E-state index is 11.4. The number of hydrogen-bond donors (Lipinski definition) is 4. The number of rotatable bonds is 4. The van der Waals surface area contributed by atoms with Crippen molar-refractivity contribution < 1.29 is 9.90 Å². The Morgan fingerprint density at radius 1 is 1.21 bits per heavy atom. The van der Waals surface area contributed by atoms with Crippen molar-refractivity contribution in [2.75, 3.05) is 11.1 Å². The second kappa shape index (κ2) is 7.58. The van der Waals surface area contributed by atoms with Crippen LogP contribution in [-0.2, 0) is 11.2 Å². The van der Waals surface area contributed by atoms with Gasteiger partial charge >= 0.3 is 5.97 Å². The van der Waals surface area contributed by atoms with E-state index >= 15 is 0 Å². The van der Waals surface area contributed by atoms with E-state index in [0.29, 0.717) is 18.7 Å². The molecule has 33 heavy (non-hydrogen) atoms. The second-order valence-electron chi connectivity index (χ2n) is 8.88. The molecule has 10 nitrogen and oxygen atoms in total. The van der Waals surface area contributed by atoms with Crippen molar-refractivity contribution in [1.29, 1.82) is 0 Å². The summed E-state index contributed by atoms with van der Waals surface area (Å²) in [6.45, 7) is 0. The molecular formula is C23H24N8O2. The summed E-state index contributed by atoms with van der Waals surface area (Å²) in [5.41, 5.74) is 12.3. The molecule has 4 heterocycles. The van der Waals surface area contributed by atoms with Crippen LogP contribution in [0.3, 0.4) is 0 Å². The fourth-order valence-corrected chi connectivity index (χ4v) is 5.30. The maximum atomic E-state index is 11.4. The smallest absolute Gasteiger partial charge is 0.306 e. The van der Waals surface area contributed by atoms with Crippen molar-refractivity contribution in [3.8, 4) is 11.1 Å². The minimum atomic E-state index is -0.713. The first-order valence-corrected chi connectivity index (χ1v) is 11.2. The van der Waals surface area contributed by atoms with E-state index in [4.69, 9.17) is 10.7 Å². The Labute approximate surface area is 189 Å². The molecule has 168 valence electrons. The second-order valence-corrected chi connectivity index (χ2v) is 8.88. The summed E-state index contributed by atoms with van der Waals surface area (Å²) in [4.78, 5) is 20.7. The number of carboxylic acids is 1. The number of benzene rings is 1. The number of nitrogen functional groups attached to an aromatic ring is 1. The fraction of sp³-hybridized carbons (Fsp3) is 0.348. The number of aromatic nitrogens is 6. The lowest BCUT2D eigenvalue weighted by atomic mass is 9.82. The third-order valence-electron chi connectivity index (χ3n) is 6.99. The van der Waals surface area contributed by atoms with E-state index in [9.17, 15) is 9.90 Å². The van der Waals surface area contributed by atoms with Crippen molar-refractivity contribution in [3.63, 3.8) is 0 Å². The maximum Gasteiger partial charge on any atom is 0.306 e. The number of aliphatic carboxylic acids is 1. The van der Waals surface area contributed by atoms with Gasteiger partial charge in [0.25, 0.3) is 0 Å². The lowest BCUT2D eigenvalue weighted by Crippen LogP contribution is -2.21. The zero-order chi connectivity index (χ0) is 22.5. The van der Waals surface area contributed by atoms with Crippen LogP contribution in [0.5, 0.6) is 0 Å². The summed E-state index contributed by atoms with van der Waals surface area (Å²) in [5, 5.41) is 24.5. The largest absolute Gasteiger partial charge is 0.481 e. The molecule has 1 fully saturated rings. The van der Waals surface area contributed by atoms with E-state index < -0.39 is 5.97 Å². The number of anilines is 2. The molecule has 0 saturated heterocycles. The average molecular weight is 444 g/mol. The number of para-hydroxylation sites is 1. The molecule has 0 bridgehead atoms. The Bertz CT molecular complexity index is 1340. The molecule has 1 aliphatic heterocycles. The fourth-order valence-electron chi connectivity index (χ4n) is 5.30. The Morgan fingerprint density at radius 3 is 2.82 bits per heavy atom. The highest BCUT2D eigenvalue weighted by Gasteiger charge is 2.34. The SMILES string of the molecule is Nc1ncnn2c(C3CCC(C(=O)O)CC3)nc(C3Cc4cccc(-c5cn[nH]c5)c4N3)c12. The van der Waals surface area contributed by atoms with E-state index in [2.05, 4.69) is 43.8 Å². The quantitative estimate of drug-likeness (QED) is 0.375. The minimum absolute atomic E-state index is 0.0690. The van der Waals surface area contributed by atoms with Crippen LogP contribution in [0.25, 0.3) is 16.6 Å². The number of carboxylic acid groups (broad SMARTS) is 1. The first kappa shape index (κ1) is 19.7. The average Bonchev–Trinajstić information content (AvgIpc) is 3.57. The van der Waals surface area contributed by atoms with Gasteiger partial charge in [-0.2, -0.15) is 10.2 Å². The monoisotopic (exact) mass is 444 g/mol. The van der Waals surface area contributed by atoms with Crippen molar-refractivity contribution in [2.24, 2.45) is 5.92 Å². The van der Waals surface area contributed by atoms with Gasteiger partial charge in [-0.15, -0.1) is 0 Å². The summed E-state index contributed by atoms with van der Waals surface area (Å²) < 4.78 is 1.81. The molecule has 1 unspecified atom stereocenters. The van der Waals surface area contributed by atoms with Crippen LogP contribution in [-0.4, -0.2) is 40.9 Å². The van der Waals surface area contributed by atoms with Crippen LogP contribution in [0, 0.1) is 5.92 Å². The molecule has 1 aromatic carbocycles. The number of nitrogens with two attached hydrogens (primary N) is 1. The topological polar surface area (TPSA) is 147 Å². The van der Waals surface area contributed by atoms with Gasteiger partial charge in [-0.3, -0.25) is 9.89 Å². The number of H-pyrrole nitrogens is 1. The van der Waals surface area contributed by atoms with Gasteiger partial charge in [0.05, 0.1) is 23.9 Å². The van der Waals surface area contributed by atoms with Crippen molar-refractivity contribution in [3.05, 3.63) is 54.0 Å². The van der Waals surface area contributed by atoms with Crippen LogP contribution >= 0.6 is 0 Å². The number of nitrogens with zero attached hydrogens (tertiary/aromatic N) is 5. The minimum Gasteiger partial charge on any atom is -0.481 e. The predicted molar refractivity (Wildman–Crippen MR) is 122 cm³/mol. The molecule has 0 radical (unpaired) electrons. The molecule has 3 aromatic heterocycles. The predicted octanol–water partition coefficient (Wildman–Crippen LogP) is 3.16.